The van der Waals surface area contributed by atoms with Gasteiger partial charge in [0.1, 0.15) is 5.75 Å². The normalized spacial score (nSPS) is 10.5. The third-order valence-electron chi connectivity index (χ3n) is 3.79. The second-order valence-corrected chi connectivity index (χ2v) is 5.54. The topological polar surface area (TPSA) is 77.2 Å². The van der Waals surface area contributed by atoms with Crippen molar-refractivity contribution in [2.24, 2.45) is 0 Å². The second kappa shape index (κ2) is 7.61. The minimum absolute atomic E-state index is 0.122. The molecule has 1 aromatic heterocycles. The van der Waals surface area contributed by atoms with Crippen LogP contribution in [0.2, 0.25) is 0 Å². The summed E-state index contributed by atoms with van der Waals surface area (Å²) in [6, 6.07) is 14.9. The van der Waals surface area contributed by atoms with Gasteiger partial charge in [-0.2, -0.15) is 4.98 Å². The molecule has 2 aromatic carbocycles. The van der Waals surface area contributed by atoms with E-state index in [1.165, 1.54) is 0 Å². The second-order valence-electron chi connectivity index (χ2n) is 5.54. The lowest BCUT2D eigenvalue weighted by molar-refractivity contribution is 0.0954. The Morgan fingerprint density at radius 1 is 1.16 bits per heavy atom. The van der Waals surface area contributed by atoms with Crippen LogP contribution in [0.15, 0.2) is 53.1 Å². The average molecular weight is 337 g/mol. The Labute approximate surface area is 145 Å². The number of carbonyl (C=O) groups excluding carboxylic acids is 1. The summed E-state index contributed by atoms with van der Waals surface area (Å²) in [7, 11) is 1.64. The molecule has 25 heavy (non-hydrogen) atoms. The number of hydrogen-bond donors (Lipinski definition) is 1. The first-order valence-corrected chi connectivity index (χ1v) is 7.98. The first kappa shape index (κ1) is 16.7. The molecule has 6 nitrogen and oxygen atoms in total. The van der Waals surface area contributed by atoms with E-state index >= 15 is 0 Å². The zero-order valence-electron chi connectivity index (χ0n) is 14.2. The van der Waals surface area contributed by atoms with E-state index in [4.69, 9.17) is 9.26 Å². The van der Waals surface area contributed by atoms with Crippen molar-refractivity contribution in [3.63, 3.8) is 0 Å². The first-order chi connectivity index (χ1) is 12.2. The molecule has 3 rings (SSSR count). The number of carbonyl (C=O) groups is 1. The van der Waals surface area contributed by atoms with Crippen LogP contribution in [0.4, 0.5) is 0 Å². The monoisotopic (exact) mass is 337 g/mol. The summed E-state index contributed by atoms with van der Waals surface area (Å²) in [5.41, 5.74) is 2.43. The summed E-state index contributed by atoms with van der Waals surface area (Å²) >= 11 is 0. The van der Waals surface area contributed by atoms with Crippen molar-refractivity contribution in [1.29, 1.82) is 0 Å². The Morgan fingerprint density at radius 2 is 1.92 bits per heavy atom. The highest BCUT2D eigenvalue weighted by molar-refractivity contribution is 5.94. The number of amides is 1. The van der Waals surface area contributed by atoms with Gasteiger partial charge in [0.05, 0.1) is 7.11 Å². The van der Waals surface area contributed by atoms with Gasteiger partial charge in [-0.25, -0.2) is 0 Å². The van der Waals surface area contributed by atoms with E-state index in [-0.39, 0.29) is 5.91 Å². The van der Waals surface area contributed by atoms with Crippen LogP contribution in [0, 0.1) is 6.92 Å². The smallest absolute Gasteiger partial charge is 0.257 e. The van der Waals surface area contributed by atoms with Gasteiger partial charge in [-0.3, -0.25) is 4.79 Å². The van der Waals surface area contributed by atoms with E-state index < -0.39 is 0 Å². The number of nitrogens with one attached hydrogen (secondary N) is 1. The zero-order valence-corrected chi connectivity index (χ0v) is 14.2. The Kier molecular flexibility index (Phi) is 5.09. The SMILES string of the molecule is COc1ccccc1CCNC(=O)c1ccc(-c2nc(C)no2)cc1. The Bertz CT molecular complexity index is 856. The largest absolute Gasteiger partial charge is 0.496 e. The van der Waals surface area contributed by atoms with Crippen molar-refractivity contribution >= 4 is 5.91 Å². The molecule has 0 spiro atoms. The Morgan fingerprint density at radius 3 is 2.60 bits per heavy atom. The number of hydrogen-bond acceptors (Lipinski definition) is 5. The van der Waals surface area contributed by atoms with Crippen LogP contribution in [-0.4, -0.2) is 29.7 Å². The third kappa shape index (κ3) is 4.03. The molecule has 0 atom stereocenters. The predicted octanol–water partition coefficient (Wildman–Crippen LogP) is 3.03. The van der Waals surface area contributed by atoms with E-state index in [0.29, 0.717) is 30.2 Å². The summed E-state index contributed by atoms with van der Waals surface area (Å²) in [6.07, 6.45) is 0.703. The summed E-state index contributed by atoms with van der Waals surface area (Å²) in [5.74, 6) is 1.73. The maximum atomic E-state index is 12.2. The molecule has 0 radical (unpaired) electrons. The van der Waals surface area contributed by atoms with Crippen LogP contribution in [0.25, 0.3) is 11.5 Å². The number of methoxy groups -OCH3 is 1. The number of rotatable bonds is 6. The molecule has 0 aliphatic rings. The van der Waals surface area contributed by atoms with Gasteiger partial charge in [-0.05, 0) is 49.2 Å². The number of benzene rings is 2. The molecule has 1 N–H and O–H groups in total. The Balaban J connectivity index is 1.58. The minimum Gasteiger partial charge on any atom is -0.496 e. The molecule has 0 aliphatic heterocycles. The predicted molar refractivity (Wildman–Crippen MR) is 93.5 cm³/mol. The fourth-order valence-electron chi connectivity index (χ4n) is 2.50. The zero-order chi connectivity index (χ0) is 17.6. The molecular formula is C19H19N3O3. The molecule has 0 unspecified atom stereocenters. The lowest BCUT2D eigenvalue weighted by Gasteiger charge is -2.09. The highest BCUT2D eigenvalue weighted by Gasteiger charge is 2.09. The summed E-state index contributed by atoms with van der Waals surface area (Å²) < 4.78 is 10.4. The van der Waals surface area contributed by atoms with Crippen LogP contribution in [0.3, 0.4) is 0 Å². The number of nitrogens with zero attached hydrogens (tertiary/aromatic N) is 2. The summed E-state index contributed by atoms with van der Waals surface area (Å²) in [4.78, 5) is 16.4. The van der Waals surface area contributed by atoms with E-state index in [1.54, 1.807) is 38.3 Å². The molecule has 0 aliphatic carbocycles. The van der Waals surface area contributed by atoms with Crippen molar-refractivity contribution < 1.29 is 14.1 Å². The molecule has 0 saturated carbocycles. The number of para-hydroxylation sites is 1. The van der Waals surface area contributed by atoms with Gasteiger partial charge >= 0.3 is 0 Å². The summed E-state index contributed by atoms with van der Waals surface area (Å²) in [6.45, 7) is 2.29. The van der Waals surface area contributed by atoms with E-state index in [1.807, 2.05) is 24.3 Å². The lowest BCUT2D eigenvalue weighted by Crippen LogP contribution is -2.25. The van der Waals surface area contributed by atoms with Gasteiger partial charge in [-0.15, -0.1) is 0 Å². The molecular weight excluding hydrogens is 318 g/mol. The van der Waals surface area contributed by atoms with E-state index in [9.17, 15) is 4.79 Å². The molecule has 0 saturated heterocycles. The van der Waals surface area contributed by atoms with Crippen LogP contribution in [0.1, 0.15) is 21.7 Å². The van der Waals surface area contributed by atoms with E-state index in [2.05, 4.69) is 15.5 Å². The highest BCUT2D eigenvalue weighted by atomic mass is 16.5. The van der Waals surface area contributed by atoms with Crippen molar-refractivity contribution in [3.8, 4) is 17.2 Å². The van der Waals surface area contributed by atoms with E-state index in [0.717, 1.165) is 16.9 Å². The maximum absolute atomic E-state index is 12.2. The van der Waals surface area contributed by atoms with Crippen LogP contribution >= 0.6 is 0 Å². The molecule has 128 valence electrons. The highest BCUT2D eigenvalue weighted by Crippen LogP contribution is 2.18. The van der Waals surface area contributed by atoms with Crippen LogP contribution in [-0.2, 0) is 6.42 Å². The molecule has 0 fully saturated rings. The molecule has 6 heteroatoms. The third-order valence-corrected chi connectivity index (χ3v) is 3.79. The fraction of sp³-hybridized carbons (Fsp3) is 0.211. The standard InChI is InChI=1S/C19H19N3O3/c1-13-21-19(25-22-13)16-9-7-15(8-10-16)18(23)20-12-11-14-5-3-4-6-17(14)24-2/h3-10H,11-12H2,1-2H3,(H,20,23). The van der Waals surface area contributed by atoms with Crippen molar-refractivity contribution in [3.05, 3.63) is 65.5 Å². The quantitative estimate of drug-likeness (QED) is 0.748. The van der Waals surface area contributed by atoms with Gasteiger partial charge in [-0.1, -0.05) is 23.4 Å². The first-order valence-electron chi connectivity index (χ1n) is 7.98. The number of aromatic nitrogens is 2. The van der Waals surface area contributed by atoms with Crippen molar-refractivity contribution in [1.82, 2.24) is 15.5 Å². The lowest BCUT2D eigenvalue weighted by atomic mass is 10.1. The maximum Gasteiger partial charge on any atom is 0.257 e. The molecule has 1 heterocycles. The molecule has 1 amide bonds. The van der Waals surface area contributed by atoms with Crippen molar-refractivity contribution in [2.75, 3.05) is 13.7 Å². The van der Waals surface area contributed by atoms with Crippen molar-refractivity contribution in [2.45, 2.75) is 13.3 Å². The van der Waals surface area contributed by atoms with Gasteiger partial charge in [0.2, 0.25) is 0 Å². The fourth-order valence-corrected chi connectivity index (χ4v) is 2.50. The Hall–Kier alpha value is -3.15. The molecule has 0 bridgehead atoms. The van der Waals surface area contributed by atoms with Gasteiger partial charge in [0.25, 0.3) is 11.8 Å². The van der Waals surface area contributed by atoms with Gasteiger partial charge in [0, 0.05) is 17.7 Å². The average Bonchev–Trinajstić information content (AvgIpc) is 3.08. The van der Waals surface area contributed by atoms with Crippen LogP contribution < -0.4 is 10.1 Å². The molecule has 3 aromatic rings. The minimum atomic E-state index is -0.122. The number of ether oxygens (including phenoxy) is 1. The number of aryl methyl sites for hydroxylation is 1. The van der Waals surface area contributed by atoms with Gasteiger partial charge < -0.3 is 14.6 Å². The summed E-state index contributed by atoms with van der Waals surface area (Å²) in [5, 5.41) is 6.67. The van der Waals surface area contributed by atoms with Gasteiger partial charge in [0.15, 0.2) is 5.82 Å². The van der Waals surface area contributed by atoms with Crippen LogP contribution in [0.5, 0.6) is 5.75 Å².